The maximum Gasteiger partial charge on any atom is 0.405 e. The molecule has 0 fully saturated rings. The number of primary amides is 1. The topological polar surface area (TPSA) is 174 Å². The lowest BCUT2D eigenvalue weighted by Crippen LogP contribution is -2.39. The number of methoxy groups -OCH3 is 2. The largest absolute Gasteiger partial charge is 0.439 e. The van der Waals surface area contributed by atoms with Crippen molar-refractivity contribution in [2.75, 3.05) is 14.2 Å². The van der Waals surface area contributed by atoms with Crippen molar-refractivity contribution in [1.82, 2.24) is 5.32 Å². The molecule has 2 aliphatic rings. The quantitative estimate of drug-likeness (QED) is 0.301. The smallest absolute Gasteiger partial charge is 0.405 e. The van der Waals surface area contributed by atoms with E-state index in [0.717, 1.165) is 12.2 Å². The minimum atomic E-state index is -1.23. The SMILES string of the molecule is COC1C=CC=C(C)C(=O)NC2=CC(=O)C=C(C2=O)C(OC)C(C)CC(O)C(O)C(C)C=C(C)C1OC(N)=O. The van der Waals surface area contributed by atoms with E-state index in [1.54, 1.807) is 32.9 Å². The van der Waals surface area contributed by atoms with E-state index in [2.05, 4.69) is 5.32 Å². The summed E-state index contributed by atoms with van der Waals surface area (Å²) in [6.45, 7) is 6.59. The average molecular weight is 547 g/mol. The number of ether oxygens (including phenoxy) is 3. The van der Waals surface area contributed by atoms with Gasteiger partial charge in [0.1, 0.15) is 6.10 Å². The van der Waals surface area contributed by atoms with Gasteiger partial charge in [0.15, 0.2) is 11.9 Å². The van der Waals surface area contributed by atoms with Crippen molar-refractivity contribution < 1.29 is 43.6 Å². The fraction of sp³-hybridized carbons (Fsp3) is 0.500. The highest BCUT2D eigenvalue weighted by Gasteiger charge is 2.35. The molecule has 5 N–H and O–H groups in total. The van der Waals surface area contributed by atoms with Gasteiger partial charge in [0.05, 0.1) is 24.0 Å². The first-order valence-electron chi connectivity index (χ1n) is 12.5. The number of fused-ring (bicyclic) bond motifs is 2. The van der Waals surface area contributed by atoms with Gasteiger partial charge in [-0.1, -0.05) is 38.2 Å². The highest BCUT2D eigenvalue weighted by atomic mass is 16.6. The van der Waals surface area contributed by atoms with E-state index < -0.39 is 65.9 Å². The molecule has 1 aliphatic heterocycles. The second-order valence-corrected chi connectivity index (χ2v) is 9.83. The van der Waals surface area contributed by atoms with Gasteiger partial charge >= 0.3 is 6.09 Å². The molecule has 2 rings (SSSR count). The molecule has 2 bridgehead atoms. The summed E-state index contributed by atoms with van der Waals surface area (Å²) in [5.74, 6) is -2.80. The van der Waals surface area contributed by atoms with E-state index in [-0.39, 0.29) is 23.3 Å². The summed E-state index contributed by atoms with van der Waals surface area (Å²) in [5, 5.41) is 24.2. The van der Waals surface area contributed by atoms with E-state index in [4.69, 9.17) is 19.9 Å². The minimum Gasteiger partial charge on any atom is -0.439 e. The number of ketones is 2. The molecule has 1 aliphatic carbocycles. The monoisotopic (exact) mass is 546 g/mol. The number of rotatable bonds is 3. The second-order valence-electron chi connectivity index (χ2n) is 9.83. The number of aliphatic hydroxyl groups is 2. The summed E-state index contributed by atoms with van der Waals surface area (Å²) in [7, 11) is 2.77. The number of amides is 2. The van der Waals surface area contributed by atoms with Gasteiger partial charge in [0.25, 0.3) is 5.91 Å². The number of Topliss-reactive ketones (excluding diaryl/α,β-unsaturated/α-hetero) is 1. The van der Waals surface area contributed by atoms with Crippen LogP contribution < -0.4 is 11.1 Å². The first-order chi connectivity index (χ1) is 18.3. The van der Waals surface area contributed by atoms with Gasteiger partial charge in [0, 0.05) is 37.4 Å². The Morgan fingerprint density at radius 3 is 2.31 bits per heavy atom. The molecule has 1 heterocycles. The van der Waals surface area contributed by atoms with Crippen LogP contribution in [0.25, 0.3) is 0 Å². The number of allylic oxidation sites excluding steroid dienone is 5. The molecule has 0 saturated heterocycles. The Kier molecular flexibility index (Phi) is 11.5. The lowest BCUT2D eigenvalue weighted by atomic mass is 9.84. The number of nitrogens with one attached hydrogen (secondary N) is 1. The number of carbonyl (C=O) groups is 4. The third-order valence-electron chi connectivity index (χ3n) is 6.76. The number of carbonyl (C=O) groups excluding carboxylic acids is 4. The van der Waals surface area contributed by atoms with Crippen LogP contribution in [0.3, 0.4) is 0 Å². The molecule has 0 aromatic rings. The summed E-state index contributed by atoms with van der Waals surface area (Å²) in [5.41, 5.74) is 5.84. The van der Waals surface area contributed by atoms with Crippen LogP contribution in [0.5, 0.6) is 0 Å². The zero-order valence-corrected chi connectivity index (χ0v) is 23.0. The lowest BCUT2D eigenvalue weighted by Gasteiger charge is -2.30. The standard InChI is InChI=1S/C28H38N2O9/c1-14-8-7-9-22(37-5)26(39-28(29)36)16(3)10-15(2)23(33)21(32)11-17(4)25(38-6)19-12-18(31)13-20(24(19)34)30-27(14)35/h7-10,12-13,15,17,21-23,25-26,32-33H,11H2,1-6H3,(H2,29,36)(H,30,35). The van der Waals surface area contributed by atoms with Gasteiger partial charge < -0.3 is 35.5 Å². The molecule has 214 valence electrons. The zero-order chi connectivity index (χ0) is 29.4. The predicted octanol–water partition coefficient (Wildman–Crippen LogP) is 1.41. The molecule has 0 radical (unpaired) electrons. The second kappa shape index (κ2) is 14.1. The molecule has 0 aromatic carbocycles. The van der Waals surface area contributed by atoms with E-state index in [1.807, 2.05) is 0 Å². The molecular formula is C28H38N2O9. The van der Waals surface area contributed by atoms with Crippen molar-refractivity contribution in [3.8, 4) is 0 Å². The van der Waals surface area contributed by atoms with Crippen molar-refractivity contribution in [3.63, 3.8) is 0 Å². The molecule has 0 spiro atoms. The predicted molar refractivity (Wildman–Crippen MR) is 142 cm³/mol. The Bertz CT molecular complexity index is 1120. The third kappa shape index (κ3) is 8.30. The molecule has 7 atom stereocenters. The molecule has 0 saturated carbocycles. The van der Waals surface area contributed by atoms with Crippen LogP contribution in [0, 0.1) is 11.8 Å². The number of aliphatic hydroxyl groups excluding tert-OH is 2. The zero-order valence-electron chi connectivity index (χ0n) is 23.0. The van der Waals surface area contributed by atoms with Crippen molar-refractivity contribution in [3.05, 3.63) is 58.9 Å². The van der Waals surface area contributed by atoms with E-state index in [0.29, 0.717) is 5.57 Å². The fourth-order valence-corrected chi connectivity index (χ4v) is 4.65. The van der Waals surface area contributed by atoms with Gasteiger partial charge in [-0.05, 0) is 37.8 Å². The Morgan fingerprint density at radius 1 is 1.05 bits per heavy atom. The van der Waals surface area contributed by atoms with E-state index >= 15 is 0 Å². The van der Waals surface area contributed by atoms with Crippen molar-refractivity contribution in [2.24, 2.45) is 17.6 Å². The summed E-state index contributed by atoms with van der Waals surface area (Å²) < 4.78 is 16.3. The lowest BCUT2D eigenvalue weighted by molar-refractivity contribution is -0.120. The number of hydrogen-bond donors (Lipinski definition) is 4. The van der Waals surface area contributed by atoms with E-state index in [9.17, 15) is 29.4 Å². The highest BCUT2D eigenvalue weighted by molar-refractivity contribution is 6.22. The summed E-state index contributed by atoms with van der Waals surface area (Å²) in [4.78, 5) is 50.1. The summed E-state index contributed by atoms with van der Waals surface area (Å²) in [6.07, 6.45) is 2.21. The highest BCUT2D eigenvalue weighted by Crippen LogP contribution is 2.28. The van der Waals surface area contributed by atoms with Crippen LogP contribution in [0.1, 0.15) is 34.1 Å². The molecule has 7 unspecified atom stereocenters. The van der Waals surface area contributed by atoms with E-state index in [1.165, 1.54) is 33.3 Å². The molecular weight excluding hydrogens is 508 g/mol. The first-order valence-corrected chi connectivity index (χ1v) is 12.5. The van der Waals surface area contributed by atoms with Crippen LogP contribution in [0.2, 0.25) is 0 Å². The van der Waals surface area contributed by atoms with Gasteiger partial charge in [0.2, 0.25) is 5.78 Å². The maximum absolute atomic E-state index is 13.2. The van der Waals surface area contributed by atoms with Crippen molar-refractivity contribution in [1.29, 1.82) is 0 Å². The number of nitrogens with two attached hydrogens (primary N) is 1. The Morgan fingerprint density at radius 2 is 1.72 bits per heavy atom. The molecule has 0 aromatic heterocycles. The van der Waals surface area contributed by atoms with Crippen LogP contribution in [-0.2, 0) is 28.6 Å². The molecule has 2 amide bonds. The normalized spacial score (nSPS) is 31.5. The maximum atomic E-state index is 13.2. The summed E-state index contributed by atoms with van der Waals surface area (Å²) in [6, 6.07) is 0. The Balaban J connectivity index is 2.58. The molecule has 39 heavy (non-hydrogen) atoms. The summed E-state index contributed by atoms with van der Waals surface area (Å²) >= 11 is 0. The van der Waals surface area contributed by atoms with Gasteiger partial charge in [-0.3, -0.25) is 14.4 Å². The van der Waals surface area contributed by atoms with Crippen molar-refractivity contribution in [2.45, 2.75) is 64.6 Å². The molecule has 11 heteroatoms. The van der Waals surface area contributed by atoms with Gasteiger partial charge in [-0.2, -0.15) is 0 Å². The van der Waals surface area contributed by atoms with Crippen LogP contribution in [-0.4, -0.2) is 78.5 Å². The first kappa shape index (κ1) is 31.8. The van der Waals surface area contributed by atoms with Crippen LogP contribution in [0.4, 0.5) is 4.79 Å². The average Bonchev–Trinajstić information content (AvgIpc) is 2.86. The third-order valence-corrected chi connectivity index (χ3v) is 6.76. The fourth-order valence-electron chi connectivity index (χ4n) is 4.65. The number of hydrogen-bond acceptors (Lipinski definition) is 9. The van der Waals surface area contributed by atoms with Crippen LogP contribution in [0.15, 0.2) is 58.9 Å². The Hall–Kier alpha value is -3.38. The molecule has 11 nitrogen and oxygen atoms in total. The Labute approximate surface area is 228 Å². The van der Waals surface area contributed by atoms with Crippen molar-refractivity contribution >= 4 is 23.6 Å². The van der Waals surface area contributed by atoms with Gasteiger partial charge in [-0.15, -0.1) is 0 Å². The van der Waals surface area contributed by atoms with Gasteiger partial charge in [-0.25, -0.2) is 4.79 Å². The minimum absolute atomic E-state index is 0.0214. The van der Waals surface area contributed by atoms with Crippen LogP contribution >= 0.6 is 0 Å².